The predicted molar refractivity (Wildman–Crippen MR) is 45.2 cm³/mol. The van der Waals surface area contributed by atoms with Crippen molar-refractivity contribution >= 4 is 10.1 Å². The Hall–Kier alpha value is -0.0900. The van der Waals surface area contributed by atoms with Crippen molar-refractivity contribution in [2.45, 2.75) is 31.4 Å². The molecule has 1 saturated heterocycles. The zero-order chi connectivity index (χ0) is 8.77. The van der Waals surface area contributed by atoms with Crippen molar-refractivity contribution in [3.8, 4) is 0 Å². The Morgan fingerprint density at radius 3 is 2.83 bits per heavy atom. The fraction of sp³-hybridized carbons (Fsp3) is 1.00. The third kappa shape index (κ3) is 1.27. The highest BCUT2D eigenvalue weighted by Gasteiger charge is 2.42. The molecule has 0 radical (unpaired) electrons. The summed E-state index contributed by atoms with van der Waals surface area (Å²) in [5.74, 6) is 0.877. The quantitative estimate of drug-likeness (QED) is 0.538. The lowest BCUT2D eigenvalue weighted by molar-refractivity contribution is 0.280. The predicted octanol–water partition coefficient (Wildman–Crippen LogP) is 1.15. The molecule has 4 heteroatoms. The fourth-order valence-electron chi connectivity index (χ4n) is 2.39. The standard InChI is InChI=1S/C8H14O3S/c1-6-4-7-2-3-11-12(9,10)8(6)5-7/h6-8H,2-5H2,1H3. The van der Waals surface area contributed by atoms with E-state index < -0.39 is 10.1 Å². The molecule has 3 unspecified atom stereocenters. The van der Waals surface area contributed by atoms with Gasteiger partial charge in [-0.3, -0.25) is 4.18 Å². The molecular formula is C8H14O3S. The minimum atomic E-state index is -3.22. The SMILES string of the molecule is CC1CC2CCOS(=O)(=O)C1C2. The molecule has 1 aliphatic carbocycles. The van der Waals surface area contributed by atoms with Crippen molar-refractivity contribution < 1.29 is 12.6 Å². The Labute approximate surface area is 73.2 Å². The Balaban J connectivity index is 2.30. The minimum Gasteiger partial charge on any atom is -0.270 e. The van der Waals surface area contributed by atoms with Crippen molar-refractivity contribution in [2.75, 3.05) is 6.61 Å². The second-order valence-electron chi connectivity index (χ2n) is 3.96. The zero-order valence-electron chi connectivity index (χ0n) is 7.19. The smallest absolute Gasteiger partial charge is 0.270 e. The van der Waals surface area contributed by atoms with Gasteiger partial charge in [0.2, 0.25) is 0 Å². The molecule has 2 fully saturated rings. The average Bonchev–Trinajstić information content (AvgIpc) is 2.24. The molecular weight excluding hydrogens is 176 g/mol. The van der Waals surface area contributed by atoms with Gasteiger partial charge in [-0.15, -0.1) is 0 Å². The van der Waals surface area contributed by atoms with Crippen LogP contribution in [-0.4, -0.2) is 20.3 Å². The largest absolute Gasteiger partial charge is 0.270 e. The first kappa shape index (κ1) is 8.51. The summed E-state index contributed by atoms with van der Waals surface area (Å²) in [5, 5.41) is -0.218. The van der Waals surface area contributed by atoms with Gasteiger partial charge in [-0.2, -0.15) is 8.42 Å². The van der Waals surface area contributed by atoms with Gasteiger partial charge in [0.05, 0.1) is 11.9 Å². The van der Waals surface area contributed by atoms with Crippen LogP contribution in [0.25, 0.3) is 0 Å². The lowest BCUT2D eigenvalue weighted by Gasteiger charge is -2.15. The highest BCUT2D eigenvalue weighted by molar-refractivity contribution is 7.87. The molecule has 12 heavy (non-hydrogen) atoms. The lowest BCUT2D eigenvalue weighted by Crippen LogP contribution is -2.25. The number of hydrogen-bond acceptors (Lipinski definition) is 3. The molecule has 0 aromatic carbocycles. The summed E-state index contributed by atoms with van der Waals surface area (Å²) >= 11 is 0. The van der Waals surface area contributed by atoms with Crippen LogP contribution in [0.5, 0.6) is 0 Å². The Bertz CT molecular complexity index is 270. The van der Waals surface area contributed by atoms with E-state index in [2.05, 4.69) is 0 Å². The van der Waals surface area contributed by atoms with Crippen molar-refractivity contribution in [3.63, 3.8) is 0 Å². The maximum atomic E-state index is 11.4. The summed E-state index contributed by atoms with van der Waals surface area (Å²) < 4.78 is 27.8. The topological polar surface area (TPSA) is 43.4 Å². The number of fused-ring (bicyclic) bond motifs is 2. The summed E-state index contributed by atoms with van der Waals surface area (Å²) in [6, 6.07) is 0. The molecule has 2 bridgehead atoms. The summed E-state index contributed by atoms with van der Waals surface area (Å²) in [5.41, 5.74) is 0. The van der Waals surface area contributed by atoms with Crippen LogP contribution in [0.1, 0.15) is 26.2 Å². The van der Waals surface area contributed by atoms with Gasteiger partial charge in [-0.1, -0.05) is 6.92 Å². The number of rotatable bonds is 0. The van der Waals surface area contributed by atoms with Gasteiger partial charge in [0.15, 0.2) is 0 Å². The van der Waals surface area contributed by atoms with E-state index in [-0.39, 0.29) is 5.25 Å². The van der Waals surface area contributed by atoms with Gasteiger partial charge in [0, 0.05) is 0 Å². The molecule has 0 aromatic heterocycles. The van der Waals surface area contributed by atoms with Crippen LogP contribution < -0.4 is 0 Å². The van der Waals surface area contributed by atoms with Gasteiger partial charge >= 0.3 is 0 Å². The minimum absolute atomic E-state index is 0.218. The van der Waals surface area contributed by atoms with Gasteiger partial charge in [-0.25, -0.2) is 0 Å². The molecule has 3 nitrogen and oxygen atoms in total. The molecule has 0 aromatic rings. The third-order valence-electron chi connectivity index (χ3n) is 3.05. The second-order valence-corrected chi connectivity index (χ2v) is 5.78. The highest BCUT2D eigenvalue weighted by Crippen LogP contribution is 2.40. The van der Waals surface area contributed by atoms with Crippen molar-refractivity contribution in [1.82, 2.24) is 0 Å². The lowest BCUT2D eigenvalue weighted by atomic mass is 10.0. The van der Waals surface area contributed by atoms with Gasteiger partial charge in [0.25, 0.3) is 10.1 Å². The van der Waals surface area contributed by atoms with E-state index in [4.69, 9.17) is 4.18 Å². The Morgan fingerprint density at radius 2 is 2.08 bits per heavy atom. The fourth-order valence-corrected chi connectivity index (χ4v) is 4.08. The molecule has 0 N–H and O–H groups in total. The average molecular weight is 190 g/mol. The van der Waals surface area contributed by atoms with Crippen LogP contribution in [0.2, 0.25) is 0 Å². The molecule has 0 spiro atoms. The summed E-state index contributed by atoms with van der Waals surface area (Å²) in [4.78, 5) is 0. The normalized spacial score (nSPS) is 45.6. The van der Waals surface area contributed by atoms with E-state index >= 15 is 0 Å². The van der Waals surface area contributed by atoms with Crippen LogP contribution in [0.15, 0.2) is 0 Å². The molecule has 2 rings (SSSR count). The molecule has 2 aliphatic rings. The van der Waals surface area contributed by atoms with Crippen molar-refractivity contribution in [2.24, 2.45) is 11.8 Å². The van der Waals surface area contributed by atoms with E-state index in [1.54, 1.807) is 0 Å². The van der Waals surface area contributed by atoms with Crippen molar-refractivity contribution in [3.05, 3.63) is 0 Å². The first-order valence-electron chi connectivity index (χ1n) is 4.48. The summed E-state index contributed by atoms with van der Waals surface area (Å²) in [7, 11) is -3.22. The van der Waals surface area contributed by atoms with Crippen molar-refractivity contribution in [1.29, 1.82) is 0 Å². The van der Waals surface area contributed by atoms with E-state index in [0.717, 1.165) is 19.3 Å². The molecule has 0 amide bonds. The summed E-state index contributed by atoms with van der Waals surface area (Å²) in [6.07, 6.45) is 2.80. The van der Waals surface area contributed by atoms with Gasteiger partial charge in [-0.05, 0) is 31.1 Å². The van der Waals surface area contributed by atoms with Gasteiger partial charge in [0.1, 0.15) is 0 Å². The van der Waals surface area contributed by atoms with E-state index in [9.17, 15) is 8.42 Å². The maximum absolute atomic E-state index is 11.4. The molecule has 3 atom stereocenters. The monoisotopic (exact) mass is 190 g/mol. The summed E-state index contributed by atoms with van der Waals surface area (Å²) in [6.45, 7) is 2.41. The first-order valence-corrected chi connectivity index (χ1v) is 5.95. The molecule has 70 valence electrons. The number of hydrogen-bond donors (Lipinski definition) is 0. The van der Waals surface area contributed by atoms with Crippen LogP contribution >= 0.6 is 0 Å². The van der Waals surface area contributed by atoms with E-state index in [1.807, 2.05) is 6.92 Å². The van der Waals surface area contributed by atoms with Crippen LogP contribution in [0.3, 0.4) is 0 Å². The molecule has 1 heterocycles. The Kier molecular flexibility index (Phi) is 1.92. The van der Waals surface area contributed by atoms with Crippen LogP contribution in [0.4, 0.5) is 0 Å². The van der Waals surface area contributed by atoms with E-state index in [1.165, 1.54) is 0 Å². The van der Waals surface area contributed by atoms with E-state index in [0.29, 0.717) is 18.4 Å². The molecule has 1 saturated carbocycles. The van der Waals surface area contributed by atoms with Crippen LogP contribution in [0, 0.1) is 11.8 Å². The van der Waals surface area contributed by atoms with Gasteiger partial charge < -0.3 is 0 Å². The van der Waals surface area contributed by atoms with Crippen LogP contribution in [-0.2, 0) is 14.3 Å². The third-order valence-corrected chi connectivity index (χ3v) is 4.94. The molecule has 1 aliphatic heterocycles. The Morgan fingerprint density at radius 1 is 1.33 bits per heavy atom. The highest BCUT2D eigenvalue weighted by atomic mass is 32.2. The first-order chi connectivity index (χ1) is 5.59. The maximum Gasteiger partial charge on any atom is 0.270 e. The zero-order valence-corrected chi connectivity index (χ0v) is 8.01. The second kappa shape index (κ2) is 2.70.